The molecule has 2 N–H and O–H groups in total. The van der Waals surface area contributed by atoms with E-state index in [0.717, 1.165) is 18.8 Å². The summed E-state index contributed by atoms with van der Waals surface area (Å²) in [7, 11) is 1.41. The third-order valence-corrected chi connectivity index (χ3v) is 2.82. The van der Waals surface area contributed by atoms with Gasteiger partial charge < -0.3 is 15.4 Å². The first-order chi connectivity index (χ1) is 9.56. The normalized spacial score (nSPS) is 12.1. The number of pyridine rings is 1. The molecule has 0 saturated heterocycles. The van der Waals surface area contributed by atoms with Crippen LogP contribution < -0.4 is 10.6 Å². The number of carbonyl (C=O) groups is 1. The van der Waals surface area contributed by atoms with Gasteiger partial charge in [0.25, 0.3) is 0 Å². The molecule has 0 aromatic carbocycles. The molecule has 1 atom stereocenters. The molecule has 1 unspecified atom stereocenters. The van der Waals surface area contributed by atoms with Gasteiger partial charge in [0, 0.05) is 6.54 Å². The van der Waals surface area contributed by atoms with Crippen LogP contribution in [0.15, 0.2) is 18.2 Å². The van der Waals surface area contributed by atoms with Gasteiger partial charge in [-0.05, 0) is 30.9 Å². The number of ether oxygens (including phenoxy) is 1. The number of rotatable bonds is 8. The molecule has 5 heteroatoms. The van der Waals surface area contributed by atoms with Crippen molar-refractivity contribution in [2.75, 3.05) is 24.3 Å². The SMILES string of the molecule is CCCNc1cccc(NC(CC(C)C)C(=O)OC)n1. The Kier molecular flexibility index (Phi) is 6.84. The molecule has 0 aliphatic rings. The van der Waals surface area contributed by atoms with Crippen LogP contribution >= 0.6 is 0 Å². The zero-order valence-electron chi connectivity index (χ0n) is 12.8. The molecule has 1 aromatic heterocycles. The van der Waals surface area contributed by atoms with Crippen molar-refractivity contribution in [1.29, 1.82) is 0 Å². The molecule has 5 nitrogen and oxygen atoms in total. The van der Waals surface area contributed by atoms with Gasteiger partial charge in [0.1, 0.15) is 17.7 Å². The Morgan fingerprint density at radius 1 is 1.35 bits per heavy atom. The summed E-state index contributed by atoms with van der Waals surface area (Å²) in [6.45, 7) is 7.13. The monoisotopic (exact) mass is 279 g/mol. The van der Waals surface area contributed by atoms with Crippen LogP contribution in [0.25, 0.3) is 0 Å². The smallest absolute Gasteiger partial charge is 0.328 e. The van der Waals surface area contributed by atoms with Crippen molar-refractivity contribution in [2.24, 2.45) is 5.92 Å². The van der Waals surface area contributed by atoms with Gasteiger partial charge in [0.05, 0.1) is 7.11 Å². The van der Waals surface area contributed by atoms with Crippen LogP contribution in [-0.2, 0) is 9.53 Å². The predicted molar refractivity (Wildman–Crippen MR) is 81.9 cm³/mol. The second kappa shape index (κ2) is 8.40. The Morgan fingerprint density at radius 2 is 2.05 bits per heavy atom. The highest BCUT2D eigenvalue weighted by Crippen LogP contribution is 2.14. The van der Waals surface area contributed by atoms with Crippen LogP contribution in [0, 0.1) is 5.92 Å². The molecule has 0 saturated carbocycles. The fraction of sp³-hybridized carbons (Fsp3) is 0.600. The number of hydrogen-bond acceptors (Lipinski definition) is 5. The number of nitrogens with one attached hydrogen (secondary N) is 2. The minimum Gasteiger partial charge on any atom is -0.467 e. The van der Waals surface area contributed by atoms with Gasteiger partial charge >= 0.3 is 5.97 Å². The van der Waals surface area contributed by atoms with E-state index in [-0.39, 0.29) is 12.0 Å². The lowest BCUT2D eigenvalue weighted by Crippen LogP contribution is -2.32. The molecule has 0 fully saturated rings. The van der Waals surface area contributed by atoms with Crippen LogP contribution in [-0.4, -0.2) is 30.6 Å². The fourth-order valence-corrected chi connectivity index (χ4v) is 1.87. The van der Waals surface area contributed by atoms with Crippen molar-refractivity contribution in [3.63, 3.8) is 0 Å². The van der Waals surface area contributed by atoms with Gasteiger partial charge in [-0.1, -0.05) is 26.8 Å². The van der Waals surface area contributed by atoms with Gasteiger partial charge in [-0.25, -0.2) is 9.78 Å². The summed E-state index contributed by atoms with van der Waals surface area (Å²) in [6, 6.07) is 5.31. The van der Waals surface area contributed by atoms with Gasteiger partial charge in [0.15, 0.2) is 0 Å². The maximum atomic E-state index is 11.8. The van der Waals surface area contributed by atoms with Crippen LogP contribution in [0.3, 0.4) is 0 Å². The Morgan fingerprint density at radius 3 is 2.65 bits per heavy atom. The fourth-order valence-electron chi connectivity index (χ4n) is 1.87. The Balaban J connectivity index is 2.74. The molecule has 0 bridgehead atoms. The highest BCUT2D eigenvalue weighted by Gasteiger charge is 2.20. The van der Waals surface area contributed by atoms with E-state index in [0.29, 0.717) is 18.2 Å². The van der Waals surface area contributed by atoms with Crippen molar-refractivity contribution in [1.82, 2.24) is 4.98 Å². The molecule has 112 valence electrons. The number of methoxy groups -OCH3 is 1. The zero-order chi connectivity index (χ0) is 15.0. The molecular weight excluding hydrogens is 254 g/mol. The molecule has 0 radical (unpaired) electrons. The standard InChI is InChI=1S/C15H25N3O2/c1-5-9-16-13-7-6-8-14(18-13)17-12(10-11(2)3)15(19)20-4/h6-8,11-12H,5,9-10H2,1-4H3,(H2,16,17,18). The Bertz CT molecular complexity index is 421. The average Bonchev–Trinajstić information content (AvgIpc) is 2.43. The number of nitrogens with zero attached hydrogens (tertiary/aromatic N) is 1. The molecule has 0 amide bonds. The van der Waals surface area contributed by atoms with Crippen molar-refractivity contribution < 1.29 is 9.53 Å². The second-order valence-corrected chi connectivity index (χ2v) is 5.18. The van der Waals surface area contributed by atoms with E-state index < -0.39 is 0 Å². The third kappa shape index (κ3) is 5.47. The molecular formula is C15H25N3O2. The van der Waals surface area contributed by atoms with E-state index in [4.69, 9.17) is 4.74 Å². The summed E-state index contributed by atoms with van der Waals surface area (Å²) in [6.07, 6.45) is 1.75. The number of aromatic nitrogens is 1. The van der Waals surface area contributed by atoms with E-state index in [2.05, 4.69) is 36.4 Å². The van der Waals surface area contributed by atoms with Crippen molar-refractivity contribution in [2.45, 2.75) is 39.7 Å². The zero-order valence-corrected chi connectivity index (χ0v) is 12.8. The van der Waals surface area contributed by atoms with E-state index in [1.807, 2.05) is 18.2 Å². The molecule has 1 heterocycles. The minimum atomic E-state index is -0.367. The molecule has 0 aliphatic heterocycles. The maximum Gasteiger partial charge on any atom is 0.328 e. The van der Waals surface area contributed by atoms with Crippen molar-refractivity contribution >= 4 is 17.6 Å². The summed E-state index contributed by atoms with van der Waals surface area (Å²) < 4.78 is 4.84. The molecule has 1 aromatic rings. The van der Waals surface area contributed by atoms with E-state index in [9.17, 15) is 4.79 Å². The van der Waals surface area contributed by atoms with E-state index >= 15 is 0 Å². The molecule has 0 aliphatic carbocycles. The van der Waals surface area contributed by atoms with Crippen molar-refractivity contribution in [3.8, 4) is 0 Å². The highest BCUT2D eigenvalue weighted by atomic mass is 16.5. The summed E-state index contributed by atoms with van der Waals surface area (Å²) in [5.74, 6) is 1.63. The number of anilines is 2. The molecule has 20 heavy (non-hydrogen) atoms. The van der Waals surface area contributed by atoms with Gasteiger partial charge in [0.2, 0.25) is 0 Å². The lowest BCUT2D eigenvalue weighted by Gasteiger charge is -2.19. The first-order valence-corrected chi connectivity index (χ1v) is 7.12. The van der Waals surface area contributed by atoms with E-state index in [1.165, 1.54) is 7.11 Å². The Labute approximate surface area is 121 Å². The second-order valence-electron chi connectivity index (χ2n) is 5.18. The number of carbonyl (C=O) groups excluding carboxylic acids is 1. The van der Waals surface area contributed by atoms with Crippen LogP contribution in [0.1, 0.15) is 33.6 Å². The number of esters is 1. The average molecular weight is 279 g/mol. The Hall–Kier alpha value is -1.78. The first kappa shape index (κ1) is 16.3. The first-order valence-electron chi connectivity index (χ1n) is 7.12. The summed E-state index contributed by atoms with van der Waals surface area (Å²) in [5.41, 5.74) is 0. The minimum absolute atomic E-state index is 0.257. The third-order valence-electron chi connectivity index (χ3n) is 2.82. The van der Waals surface area contributed by atoms with Crippen LogP contribution in [0.5, 0.6) is 0 Å². The summed E-state index contributed by atoms with van der Waals surface area (Å²) in [5, 5.41) is 6.38. The summed E-state index contributed by atoms with van der Waals surface area (Å²) >= 11 is 0. The largest absolute Gasteiger partial charge is 0.467 e. The van der Waals surface area contributed by atoms with Crippen LogP contribution in [0.2, 0.25) is 0 Å². The topological polar surface area (TPSA) is 63.2 Å². The maximum absolute atomic E-state index is 11.8. The van der Waals surface area contributed by atoms with Gasteiger partial charge in [-0.2, -0.15) is 0 Å². The highest BCUT2D eigenvalue weighted by molar-refractivity contribution is 5.78. The lowest BCUT2D eigenvalue weighted by atomic mass is 10.0. The summed E-state index contributed by atoms with van der Waals surface area (Å²) in [4.78, 5) is 16.2. The van der Waals surface area contributed by atoms with Crippen molar-refractivity contribution in [3.05, 3.63) is 18.2 Å². The van der Waals surface area contributed by atoms with Gasteiger partial charge in [-0.15, -0.1) is 0 Å². The lowest BCUT2D eigenvalue weighted by molar-refractivity contribution is -0.141. The van der Waals surface area contributed by atoms with E-state index in [1.54, 1.807) is 0 Å². The molecule has 0 spiro atoms. The van der Waals surface area contributed by atoms with Gasteiger partial charge in [-0.3, -0.25) is 0 Å². The number of hydrogen-bond donors (Lipinski definition) is 2. The quantitative estimate of drug-likeness (QED) is 0.716. The van der Waals surface area contributed by atoms with Crippen LogP contribution in [0.4, 0.5) is 11.6 Å². The molecule has 1 rings (SSSR count). The predicted octanol–water partition coefficient (Wildman–Crippen LogP) is 2.90.